The van der Waals surface area contributed by atoms with Gasteiger partial charge in [-0.15, -0.1) is 0 Å². The van der Waals surface area contributed by atoms with Crippen LogP contribution in [0, 0.1) is 6.92 Å². The van der Waals surface area contributed by atoms with Crippen molar-refractivity contribution in [1.82, 2.24) is 0 Å². The van der Waals surface area contributed by atoms with Gasteiger partial charge >= 0.3 is 0 Å². The summed E-state index contributed by atoms with van der Waals surface area (Å²) in [6, 6.07) is 4.12. The molecule has 0 spiro atoms. The predicted molar refractivity (Wildman–Crippen MR) is 46.2 cm³/mol. The highest BCUT2D eigenvalue weighted by atomic mass is 16.5. The van der Waals surface area contributed by atoms with Crippen molar-refractivity contribution in [1.29, 1.82) is 0 Å². The van der Waals surface area contributed by atoms with E-state index in [0.717, 1.165) is 37.6 Å². The Hall–Kier alpha value is -0.760. The van der Waals surface area contributed by atoms with Crippen LogP contribution in [-0.2, 0) is 4.74 Å². The van der Waals surface area contributed by atoms with Crippen molar-refractivity contribution in [2.75, 3.05) is 13.2 Å². The van der Waals surface area contributed by atoms with Gasteiger partial charge in [0.25, 0.3) is 0 Å². The molecular formula is C10H14O2. The lowest BCUT2D eigenvalue weighted by atomic mass is 9.98. The second-order valence-corrected chi connectivity index (χ2v) is 3.34. The average Bonchev–Trinajstić information content (AvgIpc) is 2.54. The Labute approximate surface area is 72.5 Å². The second-order valence-electron chi connectivity index (χ2n) is 3.34. The monoisotopic (exact) mass is 166 g/mol. The second kappa shape index (κ2) is 3.31. The van der Waals surface area contributed by atoms with Crippen LogP contribution >= 0.6 is 0 Å². The SMILES string of the molecule is Cc1ccc(C2CCOCC2)o1. The van der Waals surface area contributed by atoms with Gasteiger partial charge in [0.15, 0.2) is 0 Å². The summed E-state index contributed by atoms with van der Waals surface area (Å²) in [5, 5.41) is 0. The van der Waals surface area contributed by atoms with Gasteiger partial charge in [0.1, 0.15) is 11.5 Å². The minimum absolute atomic E-state index is 0.590. The molecule has 0 amide bonds. The maximum atomic E-state index is 5.57. The fourth-order valence-electron chi connectivity index (χ4n) is 1.65. The molecule has 1 aromatic rings. The Bertz CT molecular complexity index is 246. The molecule has 0 saturated carbocycles. The maximum Gasteiger partial charge on any atom is 0.107 e. The highest BCUT2D eigenvalue weighted by Gasteiger charge is 2.18. The smallest absolute Gasteiger partial charge is 0.107 e. The zero-order valence-corrected chi connectivity index (χ0v) is 7.38. The summed E-state index contributed by atoms with van der Waals surface area (Å²) in [6.07, 6.45) is 2.21. The fourth-order valence-corrected chi connectivity index (χ4v) is 1.65. The zero-order chi connectivity index (χ0) is 8.39. The van der Waals surface area contributed by atoms with Crippen molar-refractivity contribution in [3.05, 3.63) is 23.7 Å². The van der Waals surface area contributed by atoms with Gasteiger partial charge < -0.3 is 9.15 Å². The van der Waals surface area contributed by atoms with E-state index >= 15 is 0 Å². The molecule has 0 N–H and O–H groups in total. The lowest BCUT2D eigenvalue weighted by Crippen LogP contribution is -2.13. The van der Waals surface area contributed by atoms with Crippen LogP contribution < -0.4 is 0 Å². The Morgan fingerprint density at radius 2 is 2.00 bits per heavy atom. The normalized spacial score (nSPS) is 19.8. The Morgan fingerprint density at radius 1 is 1.25 bits per heavy atom. The lowest BCUT2D eigenvalue weighted by molar-refractivity contribution is 0.0804. The van der Waals surface area contributed by atoms with Crippen molar-refractivity contribution < 1.29 is 9.15 Å². The molecule has 0 bridgehead atoms. The minimum atomic E-state index is 0.590. The third-order valence-corrected chi connectivity index (χ3v) is 2.38. The van der Waals surface area contributed by atoms with Crippen LogP contribution in [-0.4, -0.2) is 13.2 Å². The van der Waals surface area contributed by atoms with Gasteiger partial charge in [0.2, 0.25) is 0 Å². The molecule has 0 unspecified atom stereocenters. The Kier molecular flexibility index (Phi) is 2.17. The fraction of sp³-hybridized carbons (Fsp3) is 0.600. The van der Waals surface area contributed by atoms with Crippen molar-refractivity contribution in [2.45, 2.75) is 25.7 Å². The molecule has 66 valence electrons. The standard InChI is InChI=1S/C10H14O2/c1-8-2-3-10(12-8)9-4-6-11-7-5-9/h2-3,9H,4-7H2,1H3. The highest BCUT2D eigenvalue weighted by Crippen LogP contribution is 2.27. The van der Waals surface area contributed by atoms with Gasteiger partial charge in [0, 0.05) is 19.1 Å². The molecule has 1 aliphatic rings. The van der Waals surface area contributed by atoms with Crippen molar-refractivity contribution in [2.24, 2.45) is 0 Å². The molecular weight excluding hydrogens is 152 g/mol. The first-order chi connectivity index (χ1) is 5.86. The predicted octanol–water partition coefficient (Wildman–Crippen LogP) is 2.48. The van der Waals surface area contributed by atoms with E-state index in [1.54, 1.807) is 0 Å². The van der Waals surface area contributed by atoms with E-state index in [-0.39, 0.29) is 0 Å². The average molecular weight is 166 g/mol. The minimum Gasteiger partial charge on any atom is -0.466 e. The van der Waals surface area contributed by atoms with Crippen LogP contribution in [0.25, 0.3) is 0 Å². The van der Waals surface area contributed by atoms with Crippen LogP contribution in [0.4, 0.5) is 0 Å². The van der Waals surface area contributed by atoms with E-state index in [1.165, 1.54) is 0 Å². The van der Waals surface area contributed by atoms with E-state index in [1.807, 2.05) is 13.0 Å². The summed E-state index contributed by atoms with van der Waals surface area (Å²) in [6.45, 7) is 3.75. The van der Waals surface area contributed by atoms with Gasteiger partial charge in [-0.05, 0) is 31.9 Å². The van der Waals surface area contributed by atoms with Crippen molar-refractivity contribution in [3.8, 4) is 0 Å². The molecule has 2 nitrogen and oxygen atoms in total. The number of rotatable bonds is 1. The number of aryl methyl sites for hydroxylation is 1. The number of furan rings is 1. The quantitative estimate of drug-likeness (QED) is 0.639. The summed E-state index contributed by atoms with van der Waals surface area (Å²) < 4.78 is 10.9. The maximum absolute atomic E-state index is 5.57. The molecule has 1 aromatic heterocycles. The summed E-state index contributed by atoms with van der Waals surface area (Å²) in [4.78, 5) is 0. The summed E-state index contributed by atoms with van der Waals surface area (Å²) in [7, 11) is 0. The highest BCUT2D eigenvalue weighted by molar-refractivity contribution is 5.10. The van der Waals surface area contributed by atoms with Crippen LogP contribution in [0.2, 0.25) is 0 Å². The van der Waals surface area contributed by atoms with E-state index in [2.05, 4.69) is 6.07 Å². The van der Waals surface area contributed by atoms with Gasteiger partial charge in [-0.1, -0.05) is 0 Å². The van der Waals surface area contributed by atoms with E-state index < -0.39 is 0 Å². The molecule has 2 rings (SSSR count). The van der Waals surface area contributed by atoms with Crippen LogP contribution in [0.5, 0.6) is 0 Å². The molecule has 0 aromatic carbocycles. The Balaban J connectivity index is 2.08. The third kappa shape index (κ3) is 1.53. The van der Waals surface area contributed by atoms with Crippen LogP contribution in [0.15, 0.2) is 16.5 Å². The number of hydrogen-bond acceptors (Lipinski definition) is 2. The molecule has 1 aliphatic heterocycles. The molecule has 2 heteroatoms. The molecule has 0 aliphatic carbocycles. The first kappa shape index (κ1) is 7.87. The van der Waals surface area contributed by atoms with E-state index in [9.17, 15) is 0 Å². The topological polar surface area (TPSA) is 22.4 Å². The lowest BCUT2D eigenvalue weighted by Gasteiger charge is -2.19. The van der Waals surface area contributed by atoms with Crippen molar-refractivity contribution in [3.63, 3.8) is 0 Å². The summed E-state index contributed by atoms with van der Waals surface area (Å²) in [5.41, 5.74) is 0. The van der Waals surface area contributed by atoms with Crippen molar-refractivity contribution >= 4 is 0 Å². The summed E-state index contributed by atoms with van der Waals surface area (Å²) >= 11 is 0. The zero-order valence-electron chi connectivity index (χ0n) is 7.38. The number of ether oxygens (including phenoxy) is 1. The molecule has 12 heavy (non-hydrogen) atoms. The van der Waals surface area contributed by atoms with Crippen LogP contribution in [0.1, 0.15) is 30.3 Å². The third-order valence-electron chi connectivity index (χ3n) is 2.38. The van der Waals surface area contributed by atoms with E-state index in [0.29, 0.717) is 5.92 Å². The van der Waals surface area contributed by atoms with Gasteiger partial charge in [-0.25, -0.2) is 0 Å². The number of hydrogen-bond donors (Lipinski definition) is 0. The van der Waals surface area contributed by atoms with Gasteiger partial charge in [-0.3, -0.25) is 0 Å². The largest absolute Gasteiger partial charge is 0.466 e. The first-order valence-electron chi connectivity index (χ1n) is 4.50. The van der Waals surface area contributed by atoms with Gasteiger partial charge in [0.05, 0.1) is 0 Å². The van der Waals surface area contributed by atoms with Crippen LogP contribution in [0.3, 0.4) is 0 Å². The van der Waals surface area contributed by atoms with Gasteiger partial charge in [-0.2, -0.15) is 0 Å². The molecule has 2 heterocycles. The van der Waals surface area contributed by atoms with E-state index in [4.69, 9.17) is 9.15 Å². The molecule has 0 radical (unpaired) electrons. The Morgan fingerprint density at radius 3 is 2.58 bits per heavy atom. The first-order valence-corrected chi connectivity index (χ1v) is 4.50. The summed E-state index contributed by atoms with van der Waals surface area (Å²) in [5.74, 6) is 2.74. The molecule has 0 atom stereocenters. The molecule has 1 saturated heterocycles. The molecule has 1 fully saturated rings.